The van der Waals surface area contributed by atoms with E-state index in [0.717, 1.165) is 0 Å². The van der Waals surface area contributed by atoms with Gasteiger partial charge < -0.3 is 36.9 Å². The number of hydrogen-bond acceptors (Lipinski definition) is 8. The number of aromatic amines is 1. The van der Waals surface area contributed by atoms with E-state index >= 15 is 0 Å². The molecule has 29 heavy (non-hydrogen) atoms. The molecule has 3 unspecified atom stereocenters. The Morgan fingerprint density at radius 1 is 1.17 bits per heavy atom. The van der Waals surface area contributed by atoms with Gasteiger partial charge in [-0.25, -0.2) is 9.78 Å². The van der Waals surface area contributed by atoms with E-state index < -0.39 is 48.4 Å². The molecule has 8 N–H and O–H groups in total. The van der Waals surface area contributed by atoms with Gasteiger partial charge in [0.25, 0.3) is 0 Å². The highest BCUT2D eigenvalue weighted by Gasteiger charge is 2.29. The Labute approximate surface area is 171 Å². The molecule has 3 amide bonds. The fourth-order valence-corrected chi connectivity index (χ4v) is 2.78. The summed E-state index contributed by atoms with van der Waals surface area (Å²) in [5, 5.41) is 25.3. The molecule has 0 spiro atoms. The van der Waals surface area contributed by atoms with Crippen molar-refractivity contribution in [3.8, 4) is 0 Å². The Kier molecular flexibility index (Phi) is 10.7. The molecule has 0 fully saturated rings. The van der Waals surface area contributed by atoms with Gasteiger partial charge in [-0.15, -0.1) is 0 Å². The summed E-state index contributed by atoms with van der Waals surface area (Å²) in [6.45, 7) is -1.11. The van der Waals surface area contributed by atoms with Crippen LogP contribution in [-0.2, 0) is 25.6 Å². The summed E-state index contributed by atoms with van der Waals surface area (Å²) in [6, 6.07) is -3.57. The van der Waals surface area contributed by atoms with Crippen molar-refractivity contribution < 1.29 is 29.4 Å². The maximum Gasteiger partial charge on any atom is 0.328 e. The lowest BCUT2D eigenvalue weighted by Crippen LogP contribution is -2.57. The first-order valence-electron chi connectivity index (χ1n) is 8.72. The van der Waals surface area contributed by atoms with Crippen molar-refractivity contribution in [3.05, 3.63) is 18.2 Å². The largest absolute Gasteiger partial charge is 0.480 e. The molecule has 12 nitrogen and oxygen atoms in total. The number of aliphatic carboxylic acids is 1. The van der Waals surface area contributed by atoms with E-state index in [2.05, 4.69) is 25.9 Å². The van der Waals surface area contributed by atoms with Crippen LogP contribution in [-0.4, -0.2) is 87.2 Å². The Hall–Kier alpha value is -2.64. The lowest BCUT2D eigenvalue weighted by Gasteiger charge is -2.24. The summed E-state index contributed by atoms with van der Waals surface area (Å²) in [7, 11) is 0. The quantitative estimate of drug-likeness (QED) is 0.173. The second kappa shape index (κ2) is 12.7. The van der Waals surface area contributed by atoms with Crippen molar-refractivity contribution >= 4 is 35.5 Å². The van der Waals surface area contributed by atoms with Crippen LogP contribution in [0, 0.1) is 0 Å². The Morgan fingerprint density at radius 3 is 2.34 bits per heavy atom. The highest BCUT2D eigenvalue weighted by atomic mass is 32.2. The molecular formula is C16H26N6O6S. The zero-order chi connectivity index (χ0) is 21.8. The number of hydrogen-bond donors (Lipinski definition) is 7. The summed E-state index contributed by atoms with van der Waals surface area (Å²) in [6.07, 6.45) is 5.03. The van der Waals surface area contributed by atoms with Gasteiger partial charge in [-0.1, -0.05) is 0 Å². The molecule has 0 aromatic carbocycles. The molecule has 0 aliphatic rings. The average Bonchev–Trinajstić information content (AvgIpc) is 3.20. The summed E-state index contributed by atoms with van der Waals surface area (Å²) in [5.41, 5.74) is 5.88. The first kappa shape index (κ1) is 24.4. The maximum atomic E-state index is 12.7. The van der Waals surface area contributed by atoms with Crippen LogP contribution in [0.4, 0.5) is 0 Å². The number of aromatic nitrogens is 2. The van der Waals surface area contributed by atoms with Crippen LogP contribution in [0.25, 0.3) is 0 Å². The monoisotopic (exact) mass is 430 g/mol. The summed E-state index contributed by atoms with van der Waals surface area (Å²) < 4.78 is 0. The van der Waals surface area contributed by atoms with E-state index in [-0.39, 0.29) is 19.4 Å². The van der Waals surface area contributed by atoms with E-state index in [0.29, 0.717) is 11.4 Å². The lowest BCUT2D eigenvalue weighted by molar-refractivity contribution is -0.143. The topological polar surface area (TPSA) is 200 Å². The van der Waals surface area contributed by atoms with Gasteiger partial charge >= 0.3 is 5.97 Å². The van der Waals surface area contributed by atoms with Crippen LogP contribution in [0.15, 0.2) is 12.5 Å². The van der Waals surface area contributed by atoms with Gasteiger partial charge in [-0.2, -0.15) is 11.8 Å². The maximum absolute atomic E-state index is 12.7. The number of carbonyl (C=O) groups excluding carboxylic acids is 3. The molecule has 3 atom stereocenters. The molecule has 13 heteroatoms. The number of carboxylic acid groups (broad SMARTS) is 1. The average molecular weight is 430 g/mol. The minimum atomic E-state index is -1.49. The SMILES string of the molecule is CSCCC(NC(=O)C(Cc1cnc[nH]1)NC(=O)CN)C(=O)NC(CO)C(=O)O. The van der Waals surface area contributed by atoms with Gasteiger partial charge in [-0.05, 0) is 18.4 Å². The van der Waals surface area contributed by atoms with Gasteiger partial charge in [-0.3, -0.25) is 14.4 Å². The van der Waals surface area contributed by atoms with E-state index in [1.165, 1.54) is 24.3 Å². The molecule has 1 aromatic rings. The third-order valence-electron chi connectivity index (χ3n) is 3.86. The first-order valence-corrected chi connectivity index (χ1v) is 10.1. The number of nitrogens with one attached hydrogen (secondary N) is 4. The molecule has 0 saturated carbocycles. The minimum Gasteiger partial charge on any atom is -0.480 e. The smallest absolute Gasteiger partial charge is 0.328 e. The van der Waals surface area contributed by atoms with Gasteiger partial charge in [0.2, 0.25) is 17.7 Å². The molecule has 0 aliphatic carbocycles. The number of nitrogens with two attached hydrogens (primary N) is 1. The number of aliphatic hydroxyl groups is 1. The second-order valence-corrected chi connectivity index (χ2v) is 7.02. The Balaban J connectivity index is 2.90. The molecule has 0 bridgehead atoms. The molecule has 1 heterocycles. The highest BCUT2D eigenvalue weighted by Crippen LogP contribution is 2.05. The standard InChI is InChI=1S/C16H26N6O6S/c1-29-3-2-10(14(25)22-12(7-23)16(27)28)21-15(26)11(20-13(24)5-17)4-9-6-18-8-19-9/h6,8,10-12,23H,2-5,7,17H2,1H3,(H,18,19)(H,20,24)(H,21,26)(H,22,25)(H,27,28). The number of carboxylic acids is 1. The van der Waals surface area contributed by atoms with Crippen molar-refractivity contribution in [2.45, 2.75) is 31.0 Å². The molecule has 162 valence electrons. The zero-order valence-electron chi connectivity index (χ0n) is 15.9. The predicted octanol–water partition coefficient (Wildman–Crippen LogP) is -2.80. The summed E-state index contributed by atoms with van der Waals surface area (Å²) >= 11 is 1.44. The number of carbonyl (C=O) groups is 4. The third kappa shape index (κ3) is 8.50. The molecule has 1 aromatic heterocycles. The van der Waals surface area contributed by atoms with E-state index in [9.17, 15) is 19.2 Å². The predicted molar refractivity (Wildman–Crippen MR) is 105 cm³/mol. The highest BCUT2D eigenvalue weighted by molar-refractivity contribution is 7.98. The minimum absolute atomic E-state index is 0.0861. The summed E-state index contributed by atoms with van der Waals surface area (Å²) in [4.78, 5) is 54.6. The number of thioether (sulfide) groups is 1. The molecular weight excluding hydrogens is 404 g/mol. The van der Waals surface area contributed by atoms with Crippen LogP contribution in [0.3, 0.4) is 0 Å². The van der Waals surface area contributed by atoms with E-state index in [1.807, 2.05) is 6.26 Å². The van der Waals surface area contributed by atoms with Crippen LogP contribution in [0.2, 0.25) is 0 Å². The van der Waals surface area contributed by atoms with Crippen molar-refractivity contribution in [2.75, 3.05) is 25.2 Å². The molecule has 0 saturated heterocycles. The fourth-order valence-electron chi connectivity index (χ4n) is 2.31. The van der Waals surface area contributed by atoms with Crippen molar-refractivity contribution in [1.29, 1.82) is 0 Å². The van der Waals surface area contributed by atoms with E-state index in [1.54, 1.807) is 0 Å². The van der Waals surface area contributed by atoms with Crippen molar-refractivity contribution in [1.82, 2.24) is 25.9 Å². The molecule has 0 radical (unpaired) electrons. The fraction of sp³-hybridized carbons (Fsp3) is 0.562. The third-order valence-corrected chi connectivity index (χ3v) is 4.50. The van der Waals surface area contributed by atoms with Gasteiger partial charge in [0, 0.05) is 18.3 Å². The lowest BCUT2D eigenvalue weighted by atomic mass is 10.1. The Morgan fingerprint density at radius 2 is 1.83 bits per heavy atom. The van der Waals surface area contributed by atoms with Crippen LogP contribution >= 0.6 is 11.8 Å². The molecule has 0 aliphatic heterocycles. The van der Waals surface area contributed by atoms with Crippen molar-refractivity contribution in [3.63, 3.8) is 0 Å². The zero-order valence-corrected chi connectivity index (χ0v) is 16.7. The van der Waals surface area contributed by atoms with Gasteiger partial charge in [0.15, 0.2) is 0 Å². The second-order valence-electron chi connectivity index (χ2n) is 6.03. The molecule has 1 rings (SSSR count). The van der Waals surface area contributed by atoms with Crippen molar-refractivity contribution in [2.24, 2.45) is 5.73 Å². The number of nitrogens with zero attached hydrogens (tertiary/aromatic N) is 1. The summed E-state index contributed by atoms with van der Waals surface area (Å²) in [5.74, 6) is -2.84. The number of aliphatic hydroxyl groups excluding tert-OH is 1. The number of imidazole rings is 1. The van der Waals surface area contributed by atoms with Crippen LogP contribution in [0.5, 0.6) is 0 Å². The van der Waals surface area contributed by atoms with Crippen LogP contribution in [0.1, 0.15) is 12.1 Å². The van der Waals surface area contributed by atoms with Crippen LogP contribution < -0.4 is 21.7 Å². The Bertz CT molecular complexity index is 685. The normalized spacial score (nSPS) is 13.8. The van der Waals surface area contributed by atoms with E-state index in [4.69, 9.17) is 15.9 Å². The first-order chi connectivity index (χ1) is 13.8. The van der Waals surface area contributed by atoms with Gasteiger partial charge in [0.05, 0.1) is 19.5 Å². The number of amides is 3. The number of H-pyrrole nitrogens is 1. The number of rotatable bonds is 13. The van der Waals surface area contributed by atoms with Gasteiger partial charge in [0.1, 0.15) is 18.1 Å².